The Morgan fingerprint density at radius 1 is 1.32 bits per heavy atom. The molecule has 0 radical (unpaired) electrons. The van der Waals surface area contributed by atoms with E-state index in [0.29, 0.717) is 24.5 Å². The minimum absolute atomic E-state index is 0.0677. The first-order chi connectivity index (χ1) is 12.1. The second-order valence-electron chi connectivity index (χ2n) is 6.92. The van der Waals surface area contributed by atoms with Crippen molar-refractivity contribution in [2.45, 2.75) is 37.6 Å². The highest BCUT2D eigenvalue weighted by molar-refractivity contribution is 5.92. The van der Waals surface area contributed by atoms with Gasteiger partial charge in [0.2, 0.25) is 5.91 Å². The first-order valence-corrected chi connectivity index (χ1v) is 8.51. The van der Waals surface area contributed by atoms with Gasteiger partial charge >= 0.3 is 0 Å². The van der Waals surface area contributed by atoms with E-state index in [-0.39, 0.29) is 23.3 Å². The van der Waals surface area contributed by atoms with Gasteiger partial charge in [0.15, 0.2) is 5.69 Å². The molecule has 1 spiro atoms. The number of hydrogen-bond donors (Lipinski definition) is 1. The van der Waals surface area contributed by atoms with Crippen molar-refractivity contribution < 1.29 is 14.1 Å². The van der Waals surface area contributed by atoms with Gasteiger partial charge in [0.25, 0.3) is 5.91 Å². The Bertz CT molecular complexity index is 794. The number of carbonyl (C=O) groups excluding carboxylic acids is 2. The Labute approximate surface area is 145 Å². The summed E-state index contributed by atoms with van der Waals surface area (Å²) < 4.78 is 4.99. The van der Waals surface area contributed by atoms with Crippen LogP contribution in [0.4, 0.5) is 0 Å². The maximum absolute atomic E-state index is 12.5. The van der Waals surface area contributed by atoms with Gasteiger partial charge in [-0.15, -0.1) is 0 Å². The van der Waals surface area contributed by atoms with E-state index < -0.39 is 0 Å². The lowest BCUT2D eigenvalue weighted by Crippen LogP contribution is -2.52. The van der Waals surface area contributed by atoms with Gasteiger partial charge in [-0.1, -0.05) is 5.16 Å². The van der Waals surface area contributed by atoms with Crippen LogP contribution in [-0.4, -0.2) is 45.5 Å². The predicted octanol–water partition coefficient (Wildman–Crippen LogP) is 1.66. The fraction of sp³-hybridized carbons (Fsp3) is 0.444. The topological polar surface area (TPSA) is 88.3 Å². The third-order valence-corrected chi connectivity index (χ3v) is 5.26. The summed E-state index contributed by atoms with van der Waals surface area (Å²) >= 11 is 0. The van der Waals surface area contributed by atoms with Gasteiger partial charge in [0, 0.05) is 37.1 Å². The van der Waals surface area contributed by atoms with Crippen molar-refractivity contribution in [2.24, 2.45) is 0 Å². The van der Waals surface area contributed by atoms with E-state index in [1.165, 1.54) is 0 Å². The highest BCUT2D eigenvalue weighted by Gasteiger charge is 2.46. The van der Waals surface area contributed by atoms with Crippen LogP contribution in [0.3, 0.4) is 0 Å². The van der Waals surface area contributed by atoms with Crippen LogP contribution in [-0.2, 0) is 4.79 Å². The number of piperidine rings is 1. The van der Waals surface area contributed by atoms with Gasteiger partial charge in [-0.25, -0.2) is 0 Å². The van der Waals surface area contributed by atoms with Gasteiger partial charge in [-0.3, -0.25) is 14.6 Å². The predicted molar refractivity (Wildman–Crippen MR) is 88.8 cm³/mol. The smallest absolute Gasteiger partial charge is 0.276 e. The van der Waals surface area contributed by atoms with Crippen molar-refractivity contribution in [3.8, 4) is 0 Å². The van der Waals surface area contributed by atoms with Crippen LogP contribution in [0.5, 0.6) is 0 Å². The molecule has 1 N–H and O–H groups in total. The fourth-order valence-electron chi connectivity index (χ4n) is 3.84. The van der Waals surface area contributed by atoms with E-state index in [1.807, 2.05) is 12.1 Å². The minimum atomic E-state index is -0.221. The average molecular weight is 340 g/mol. The fourth-order valence-corrected chi connectivity index (χ4v) is 3.84. The highest BCUT2D eigenvalue weighted by Crippen LogP contribution is 2.39. The lowest BCUT2D eigenvalue weighted by atomic mass is 9.82. The van der Waals surface area contributed by atoms with Crippen LogP contribution in [0.2, 0.25) is 0 Å². The maximum atomic E-state index is 12.5. The van der Waals surface area contributed by atoms with Crippen LogP contribution in [0.15, 0.2) is 35.1 Å². The quantitative estimate of drug-likeness (QED) is 0.898. The molecule has 0 saturated carbocycles. The van der Waals surface area contributed by atoms with Gasteiger partial charge in [-0.2, -0.15) is 0 Å². The molecule has 2 aromatic rings. The molecule has 2 saturated heterocycles. The molecule has 2 aliphatic heterocycles. The zero-order valence-corrected chi connectivity index (χ0v) is 14.1. The summed E-state index contributed by atoms with van der Waals surface area (Å²) in [5.74, 6) is 0.448. The monoisotopic (exact) mass is 340 g/mol. The number of nitrogens with zero attached hydrogens (tertiary/aromatic N) is 3. The standard InChI is InChI=1S/C18H20N4O3/c1-12-10-15(21-25-12)17(24)22-8-4-18(5-9-22)11-14(16(23)20-18)13-2-6-19-7-3-13/h2-3,6-7,10,14H,4-5,8-9,11H2,1H3,(H,20,23)/t14-/m1/s1. The largest absolute Gasteiger partial charge is 0.361 e. The molecule has 0 aromatic carbocycles. The summed E-state index contributed by atoms with van der Waals surface area (Å²) in [6.07, 6.45) is 5.70. The molecule has 2 aromatic heterocycles. The average Bonchev–Trinajstić information content (AvgIpc) is 3.20. The molecule has 2 aliphatic rings. The normalized spacial score (nSPS) is 22.2. The van der Waals surface area contributed by atoms with Gasteiger partial charge < -0.3 is 14.7 Å². The van der Waals surface area contributed by atoms with Crippen molar-refractivity contribution in [3.63, 3.8) is 0 Å². The molecule has 4 rings (SSSR count). The minimum Gasteiger partial charge on any atom is -0.361 e. The van der Waals surface area contributed by atoms with Gasteiger partial charge in [0.05, 0.1) is 5.92 Å². The van der Waals surface area contributed by atoms with Crippen LogP contribution >= 0.6 is 0 Å². The summed E-state index contributed by atoms with van der Waals surface area (Å²) in [7, 11) is 0. The molecule has 0 unspecified atom stereocenters. The first-order valence-electron chi connectivity index (χ1n) is 8.51. The number of hydrogen-bond acceptors (Lipinski definition) is 5. The van der Waals surface area contributed by atoms with Crippen molar-refractivity contribution in [2.75, 3.05) is 13.1 Å². The molecule has 7 nitrogen and oxygen atoms in total. The second kappa shape index (κ2) is 5.98. The summed E-state index contributed by atoms with van der Waals surface area (Å²) in [5.41, 5.74) is 1.13. The number of aryl methyl sites for hydroxylation is 1. The van der Waals surface area contributed by atoms with Crippen LogP contribution < -0.4 is 5.32 Å². The summed E-state index contributed by atoms with van der Waals surface area (Å²) in [4.78, 5) is 30.7. The van der Waals surface area contributed by atoms with Crippen molar-refractivity contribution in [1.29, 1.82) is 0 Å². The zero-order valence-electron chi connectivity index (χ0n) is 14.1. The van der Waals surface area contributed by atoms with E-state index in [1.54, 1.807) is 30.3 Å². The highest BCUT2D eigenvalue weighted by atomic mass is 16.5. The van der Waals surface area contributed by atoms with Crippen molar-refractivity contribution in [3.05, 3.63) is 47.6 Å². The first kappa shape index (κ1) is 15.8. The lowest BCUT2D eigenvalue weighted by molar-refractivity contribution is -0.121. The second-order valence-corrected chi connectivity index (χ2v) is 6.92. The van der Waals surface area contributed by atoms with E-state index in [9.17, 15) is 9.59 Å². The number of aromatic nitrogens is 2. The number of pyridine rings is 1. The summed E-state index contributed by atoms with van der Waals surface area (Å²) in [6, 6.07) is 5.45. The third-order valence-electron chi connectivity index (χ3n) is 5.26. The Morgan fingerprint density at radius 2 is 2.04 bits per heavy atom. The molecule has 2 fully saturated rings. The Kier molecular flexibility index (Phi) is 3.78. The molecule has 1 atom stereocenters. The van der Waals surface area contributed by atoms with Crippen molar-refractivity contribution in [1.82, 2.24) is 20.4 Å². The van der Waals surface area contributed by atoms with E-state index in [2.05, 4.69) is 15.5 Å². The number of carbonyl (C=O) groups is 2. The lowest BCUT2D eigenvalue weighted by Gasteiger charge is -2.39. The number of rotatable bonds is 2. The third kappa shape index (κ3) is 2.90. The number of likely N-dealkylation sites (tertiary alicyclic amines) is 1. The van der Waals surface area contributed by atoms with Crippen molar-refractivity contribution >= 4 is 11.8 Å². The summed E-state index contributed by atoms with van der Waals surface area (Å²) in [5, 5.41) is 6.99. The van der Waals surface area contributed by atoms with Crippen LogP contribution in [0, 0.1) is 6.92 Å². The van der Waals surface area contributed by atoms with Crippen LogP contribution in [0.1, 0.15) is 47.0 Å². The molecular formula is C18H20N4O3. The molecular weight excluding hydrogens is 320 g/mol. The molecule has 25 heavy (non-hydrogen) atoms. The number of nitrogens with one attached hydrogen (secondary N) is 1. The van der Waals surface area contributed by atoms with Gasteiger partial charge in [0.1, 0.15) is 5.76 Å². The molecule has 0 aliphatic carbocycles. The zero-order chi connectivity index (χ0) is 17.4. The molecule has 2 amide bonds. The Hall–Kier alpha value is -2.70. The van der Waals surface area contributed by atoms with Gasteiger partial charge in [-0.05, 0) is 43.9 Å². The summed E-state index contributed by atoms with van der Waals surface area (Å²) in [6.45, 7) is 2.98. The van der Waals surface area contributed by atoms with E-state index >= 15 is 0 Å². The molecule has 130 valence electrons. The molecule has 0 bridgehead atoms. The Morgan fingerprint density at radius 3 is 2.68 bits per heavy atom. The molecule has 4 heterocycles. The van der Waals surface area contributed by atoms with E-state index in [0.717, 1.165) is 24.8 Å². The maximum Gasteiger partial charge on any atom is 0.276 e. The van der Waals surface area contributed by atoms with Crippen LogP contribution in [0.25, 0.3) is 0 Å². The molecule has 7 heteroatoms. The SMILES string of the molecule is Cc1cc(C(=O)N2CCC3(CC2)C[C@H](c2ccncc2)C(=O)N3)no1. The van der Waals surface area contributed by atoms with E-state index in [4.69, 9.17) is 4.52 Å². The Balaban J connectivity index is 1.43. The number of amides is 2.